The van der Waals surface area contributed by atoms with E-state index in [2.05, 4.69) is 27.6 Å². The highest BCUT2D eigenvalue weighted by atomic mass is 32.1. The third-order valence-electron chi connectivity index (χ3n) is 4.91. The van der Waals surface area contributed by atoms with E-state index in [1.807, 2.05) is 13.8 Å². The lowest BCUT2D eigenvalue weighted by Crippen LogP contribution is -2.34. The van der Waals surface area contributed by atoms with Gasteiger partial charge in [-0.05, 0) is 63.8 Å². The van der Waals surface area contributed by atoms with Gasteiger partial charge in [0.1, 0.15) is 10.7 Å². The van der Waals surface area contributed by atoms with Gasteiger partial charge < -0.3 is 10.6 Å². The van der Waals surface area contributed by atoms with Crippen LogP contribution in [0.25, 0.3) is 5.65 Å². The Morgan fingerprint density at radius 3 is 3.00 bits per heavy atom. The standard InChI is InChI=1S/C19H22FN5OS/c1-10-6-16(24-25-9-12(3)22-18(10)25)23-19(26)17-14(20)8-15(27-17)13-4-5-21-11(2)7-13/h6,8-9,11,13,21H,4-5,7H2,1-3H3,(H,23,24,26). The van der Waals surface area contributed by atoms with Gasteiger partial charge in [-0.3, -0.25) is 4.79 Å². The van der Waals surface area contributed by atoms with Gasteiger partial charge in [-0.15, -0.1) is 16.4 Å². The number of amides is 1. The van der Waals surface area contributed by atoms with E-state index in [1.54, 1.807) is 16.8 Å². The van der Waals surface area contributed by atoms with Crippen LogP contribution in [0.5, 0.6) is 0 Å². The second-order valence-electron chi connectivity index (χ2n) is 7.22. The number of piperidine rings is 1. The highest BCUT2D eigenvalue weighted by Gasteiger charge is 2.25. The van der Waals surface area contributed by atoms with E-state index in [9.17, 15) is 9.18 Å². The maximum atomic E-state index is 14.4. The number of carbonyl (C=O) groups excluding carboxylic acids is 1. The maximum Gasteiger partial charge on any atom is 0.269 e. The number of thiophene rings is 1. The number of hydrogen-bond acceptors (Lipinski definition) is 5. The van der Waals surface area contributed by atoms with E-state index in [0.29, 0.717) is 17.8 Å². The van der Waals surface area contributed by atoms with Gasteiger partial charge in [0.15, 0.2) is 11.5 Å². The lowest BCUT2D eigenvalue weighted by atomic mass is 9.92. The highest BCUT2D eigenvalue weighted by molar-refractivity contribution is 7.14. The van der Waals surface area contributed by atoms with Crippen LogP contribution in [0, 0.1) is 19.7 Å². The topological polar surface area (TPSA) is 71.3 Å². The van der Waals surface area contributed by atoms with Crippen LogP contribution in [0.15, 0.2) is 18.3 Å². The van der Waals surface area contributed by atoms with Gasteiger partial charge >= 0.3 is 0 Å². The molecule has 27 heavy (non-hydrogen) atoms. The Balaban J connectivity index is 1.56. The van der Waals surface area contributed by atoms with Gasteiger partial charge in [-0.2, -0.15) is 0 Å². The van der Waals surface area contributed by atoms with E-state index < -0.39 is 11.7 Å². The monoisotopic (exact) mass is 387 g/mol. The Morgan fingerprint density at radius 1 is 1.41 bits per heavy atom. The number of aromatic nitrogens is 3. The Hall–Kier alpha value is -2.32. The molecule has 2 unspecified atom stereocenters. The van der Waals surface area contributed by atoms with Crippen molar-refractivity contribution in [1.82, 2.24) is 19.9 Å². The SMILES string of the molecule is Cc1cn2nc(NC(=O)c3sc(C4CCNC(C)C4)cc3F)cc(C)c2n1. The molecule has 0 saturated carbocycles. The average molecular weight is 387 g/mol. The molecule has 3 aromatic rings. The molecule has 0 radical (unpaired) electrons. The van der Waals surface area contributed by atoms with Gasteiger partial charge in [-0.25, -0.2) is 13.9 Å². The van der Waals surface area contributed by atoms with Crippen LogP contribution < -0.4 is 10.6 Å². The Bertz CT molecular complexity index is 1010. The van der Waals surface area contributed by atoms with Crippen LogP contribution in [-0.4, -0.2) is 33.1 Å². The fourth-order valence-electron chi connectivity index (χ4n) is 3.61. The number of hydrogen-bond donors (Lipinski definition) is 2. The lowest BCUT2D eigenvalue weighted by Gasteiger charge is -2.27. The van der Waals surface area contributed by atoms with Gasteiger partial charge in [0.2, 0.25) is 0 Å². The predicted molar refractivity (Wildman–Crippen MR) is 104 cm³/mol. The first-order valence-electron chi connectivity index (χ1n) is 9.08. The first-order chi connectivity index (χ1) is 12.9. The van der Waals surface area contributed by atoms with Crippen molar-refractivity contribution in [3.05, 3.63) is 45.2 Å². The fourth-order valence-corrected chi connectivity index (χ4v) is 4.69. The third kappa shape index (κ3) is 3.59. The zero-order valence-corrected chi connectivity index (χ0v) is 16.4. The average Bonchev–Trinajstić information content (AvgIpc) is 3.17. The molecule has 3 aromatic heterocycles. The molecular weight excluding hydrogens is 365 g/mol. The molecule has 1 amide bonds. The molecule has 1 saturated heterocycles. The molecule has 0 spiro atoms. The summed E-state index contributed by atoms with van der Waals surface area (Å²) < 4.78 is 16.1. The van der Waals surface area contributed by atoms with E-state index >= 15 is 0 Å². The van der Waals surface area contributed by atoms with Crippen molar-refractivity contribution >= 4 is 28.7 Å². The van der Waals surface area contributed by atoms with Crippen molar-refractivity contribution in [2.45, 2.75) is 45.6 Å². The third-order valence-corrected chi connectivity index (χ3v) is 6.18. The van der Waals surface area contributed by atoms with E-state index in [0.717, 1.165) is 41.2 Å². The van der Waals surface area contributed by atoms with E-state index in [-0.39, 0.29) is 4.88 Å². The zero-order chi connectivity index (χ0) is 19.1. The molecule has 2 N–H and O–H groups in total. The van der Waals surface area contributed by atoms with Crippen LogP contribution in [-0.2, 0) is 0 Å². The van der Waals surface area contributed by atoms with Crippen molar-refractivity contribution in [2.24, 2.45) is 0 Å². The van der Waals surface area contributed by atoms with Gasteiger partial charge in [0, 0.05) is 10.9 Å². The van der Waals surface area contributed by atoms with Crippen molar-refractivity contribution in [2.75, 3.05) is 11.9 Å². The van der Waals surface area contributed by atoms with Crippen LogP contribution in [0.4, 0.5) is 10.2 Å². The highest BCUT2D eigenvalue weighted by Crippen LogP contribution is 2.34. The Kier molecular flexibility index (Phi) is 4.69. The quantitative estimate of drug-likeness (QED) is 0.720. The number of carbonyl (C=O) groups is 1. The zero-order valence-electron chi connectivity index (χ0n) is 15.5. The molecule has 2 atom stereocenters. The minimum Gasteiger partial charge on any atom is -0.314 e. The number of fused-ring (bicyclic) bond motifs is 1. The number of aryl methyl sites for hydroxylation is 2. The lowest BCUT2D eigenvalue weighted by molar-refractivity contribution is 0.102. The summed E-state index contributed by atoms with van der Waals surface area (Å²) in [5, 5.41) is 10.5. The molecule has 0 bridgehead atoms. The van der Waals surface area contributed by atoms with Crippen LogP contribution in [0.2, 0.25) is 0 Å². The van der Waals surface area contributed by atoms with Crippen LogP contribution in [0.3, 0.4) is 0 Å². The summed E-state index contributed by atoms with van der Waals surface area (Å²) in [6, 6.07) is 3.67. The van der Waals surface area contributed by atoms with E-state index in [4.69, 9.17) is 0 Å². The molecule has 4 rings (SSSR count). The van der Waals surface area contributed by atoms with Gasteiger partial charge in [0.05, 0.1) is 11.9 Å². The number of rotatable bonds is 3. The smallest absolute Gasteiger partial charge is 0.269 e. The number of imidazole rings is 1. The molecule has 4 heterocycles. The molecule has 1 fully saturated rings. The fraction of sp³-hybridized carbons (Fsp3) is 0.421. The molecule has 0 aliphatic carbocycles. The summed E-state index contributed by atoms with van der Waals surface area (Å²) >= 11 is 1.25. The van der Waals surface area contributed by atoms with Crippen molar-refractivity contribution in [3.63, 3.8) is 0 Å². The van der Waals surface area contributed by atoms with Crippen LogP contribution in [0.1, 0.15) is 51.5 Å². The first kappa shape index (κ1) is 18.1. The van der Waals surface area contributed by atoms with Gasteiger partial charge in [-0.1, -0.05) is 0 Å². The minimum atomic E-state index is -0.464. The number of nitrogens with one attached hydrogen (secondary N) is 2. The summed E-state index contributed by atoms with van der Waals surface area (Å²) in [5.74, 6) is -0.246. The van der Waals surface area contributed by atoms with E-state index in [1.165, 1.54) is 17.4 Å². The molecular formula is C19H22FN5OS. The summed E-state index contributed by atoms with van der Waals surface area (Å²) in [6.45, 7) is 6.84. The molecule has 6 nitrogen and oxygen atoms in total. The predicted octanol–water partition coefficient (Wildman–Crippen LogP) is 3.65. The molecule has 8 heteroatoms. The number of anilines is 1. The minimum absolute atomic E-state index is 0.109. The second-order valence-corrected chi connectivity index (χ2v) is 8.30. The number of nitrogens with zero attached hydrogens (tertiary/aromatic N) is 3. The summed E-state index contributed by atoms with van der Waals surface area (Å²) in [5.41, 5.74) is 2.48. The van der Waals surface area contributed by atoms with Gasteiger partial charge in [0.25, 0.3) is 5.91 Å². The van der Waals surface area contributed by atoms with Crippen molar-refractivity contribution in [1.29, 1.82) is 0 Å². The summed E-state index contributed by atoms with van der Waals surface area (Å²) in [7, 11) is 0. The molecule has 0 aromatic carbocycles. The number of halogens is 1. The molecule has 1 aliphatic rings. The summed E-state index contributed by atoms with van der Waals surface area (Å²) in [4.78, 5) is 18.1. The first-order valence-corrected chi connectivity index (χ1v) is 9.90. The Morgan fingerprint density at radius 2 is 2.22 bits per heavy atom. The summed E-state index contributed by atoms with van der Waals surface area (Å²) in [6.07, 6.45) is 3.71. The second kappa shape index (κ2) is 7.01. The molecule has 1 aliphatic heterocycles. The normalized spacial score (nSPS) is 20.1. The maximum absolute atomic E-state index is 14.4. The van der Waals surface area contributed by atoms with Crippen molar-refractivity contribution < 1.29 is 9.18 Å². The Labute approximate surface area is 160 Å². The van der Waals surface area contributed by atoms with Crippen molar-refractivity contribution in [3.8, 4) is 0 Å². The molecule has 142 valence electrons. The van der Waals surface area contributed by atoms with Crippen LogP contribution >= 0.6 is 11.3 Å². The largest absolute Gasteiger partial charge is 0.314 e.